The van der Waals surface area contributed by atoms with Crippen LogP contribution in [0.2, 0.25) is 0 Å². The van der Waals surface area contributed by atoms with E-state index in [0.717, 1.165) is 34.3 Å². The van der Waals surface area contributed by atoms with E-state index in [9.17, 15) is 4.79 Å². The number of carbonyl (C=O) groups excluding carboxylic acids is 1. The lowest BCUT2D eigenvalue weighted by Gasteiger charge is -2.18. The van der Waals surface area contributed by atoms with E-state index in [1.807, 2.05) is 30.3 Å². The maximum Gasteiger partial charge on any atom is 0.209 e. The number of fused-ring (bicyclic) bond motifs is 4. The van der Waals surface area contributed by atoms with Gasteiger partial charge in [0.15, 0.2) is 0 Å². The van der Waals surface area contributed by atoms with Crippen molar-refractivity contribution in [1.82, 2.24) is 9.55 Å². The summed E-state index contributed by atoms with van der Waals surface area (Å²) in [6.07, 6.45) is 3.46. The summed E-state index contributed by atoms with van der Waals surface area (Å²) >= 11 is 0. The molecule has 0 amide bonds. The third-order valence-electron chi connectivity index (χ3n) is 3.52. The number of nitrogens with zero attached hydrogens (tertiary/aromatic N) is 2. The van der Waals surface area contributed by atoms with Crippen LogP contribution in [0.25, 0.3) is 10.9 Å². The minimum absolute atomic E-state index is 0.0925. The Morgan fingerprint density at radius 2 is 2.06 bits per heavy atom. The minimum Gasteiger partial charge on any atom is -0.333 e. The van der Waals surface area contributed by atoms with Crippen LogP contribution in [-0.2, 0) is 6.54 Å². The van der Waals surface area contributed by atoms with E-state index in [1.165, 1.54) is 0 Å². The number of hydrogen-bond donors (Lipinski definition) is 0. The molecule has 3 heterocycles. The lowest BCUT2D eigenvalue weighted by Crippen LogP contribution is -2.19. The molecule has 18 heavy (non-hydrogen) atoms. The minimum atomic E-state index is 0.0925. The summed E-state index contributed by atoms with van der Waals surface area (Å²) in [5.74, 6) is 0.0925. The van der Waals surface area contributed by atoms with Gasteiger partial charge in [-0.05, 0) is 18.2 Å². The van der Waals surface area contributed by atoms with Crippen molar-refractivity contribution in [3.8, 4) is 0 Å². The van der Waals surface area contributed by atoms with Crippen LogP contribution >= 0.6 is 0 Å². The highest BCUT2D eigenvalue weighted by Crippen LogP contribution is 2.28. The third kappa shape index (κ3) is 1.13. The quantitative estimate of drug-likeness (QED) is 0.469. The highest BCUT2D eigenvalue weighted by Gasteiger charge is 2.24. The van der Waals surface area contributed by atoms with Gasteiger partial charge in [0.05, 0.1) is 12.2 Å². The number of aromatic nitrogens is 2. The average molecular weight is 234 g/mol. The number of para-hydroxylation sites is 1. The van der Waals surface area contributed by atoms with Crippen LogP contribution in [0.3, 0.4) is 0 Å². The van der Waals surface area contributed by atoms with Gasteiger partial charge in [-0.15, -0.1) is 0 Å². The van der Waals surface area contributed by atoms with Gasteiger partial charge >= 0.3 is 0 Å². The lowest BCUT2D eigenvalue weighted by atomic mass is 10.0. The topological polar surface area (TPSA) is 34.9 Å². The first-order chi connectivity index (χ1) is 8.84. The maximum atomic E-state index is 12.4. The summed E-state index contributed by atoms with van der Waals surface area (Å²) in [6, 6.07) is 11.9. The predicted octanol–water partition coefficient (Wildman–Crippen LogP) is 2.63. The summed E-state index contributed by atoms with van der Waals surface area (Å²) in [4.78, 5) is 16.5. The molecular weight excluding hydrogens is 224 g/mol. The molecule has 0 N–H and O–H groups in total. The fraction of sp³-hybridized carbons (Fsp3) is 0.0667. The van der Waals surface area contributed by atoms with Crippen LogP contribution in [0.15, 0.2) is 48.8 Å². The Balaban J connectivity index is 2.05. The monoisotopic (exact) mass is 234 g/mol. The second-order valence-corrected chi connectivity index (χ2v) is 4.54. The van der Waals surface area contributed by atoms with Gasteiger partial charge in [-0.3, -0.25) is 9.78 Å². The van der Waals surface area contributed by atoms with Gasteiger partial charge < -0.3 is 4.57 Å². The number of rotatable bonds is 0. The molecule has 3 aromatic rings. The van der Waals surface area contributed by atoms with Gasteiger partial charge in [0.25, 0.3) is 0 Å². The molecule has 0 radical (unpaired) electrons. The SMILES string of the molecule is O=C1c2ccncc2Cn2c1cc1ccccc12. The van der Waals surface area contributed by atoms with Crippen molar-refractivity contribution in [2.75, 3.05) is 0 Å². The smallest absolute Gasteiger partial charge is 0.209 e. The molecule has 0 saturated heterocycles. The van der Waals surface area contributed by atoms with Crippen molar-refractivity contribution in [1.29, 1.82) is 0 Å². The van der Waals surface area contributed by atoms with Crippen LogP contribution in [0.5, 0.6) is 0 Å². The molecule has 1 aromatic carbocycles. The van der Waals surface area contributed by atoms with Crippen molar-refractivity contribution < 1.29 is 4.79 Å². The molecule has 4 rings (SSSR count). The standard InChI is InChI=1S/C15H10N2O/c18-15-12-5-6-16-8-11(12)9-17-13-4-2-1-3-10(13)7-14(15)17/h1-8H,9H2. The van der Waals surface area contributed by atoms with Gasteiger partial charge in [-0.1, -0.05) is 18.2 Å². The molecular formula is C15H10N2O. The number of ketones is 1. The van der Waals surface area contributed by atoms with Crippen molar-refractivity contribution in [2.24, 2.45) is 0 Å². The van der Waals surface area contributed by atoms with Crippen LogP contribution in [0.4, 0.5) is 0 Å². The Morgan fingerprint density at radius 3 is 3.00 bits per heavy atom. The molecule has 3 nitrogen and oxygen atoms in total. The molecule has 3 heteroatoms. The Hall–Kier alpha value is -2.42. The van der Waals surface area contributed by atoms with E-state index in [0.29, 0.717) is 0 Å². The van der Waals surface area contributed by atoms with E-state index in [1.54, 1.807) is 18.5 Å². The van der Waals surface area contributed by atoms with E-state index in [4.69, 9.17) is 0 Å². The maximum absolute atomic E-state index is 12.4. The normalized spacial score (nSPS) is 13.4. The van der Waals surface area contributed by atoms with Crippen molar-refractivity contribution in [2.45, 2.75) is 6.54 Å². The van der Waals surface area contributed by atoms with Crippen LogP contribution in [0.1, 0.15) is 21.6 Å². The molecule has 0 saturated carbocycles. The van der Waals surface area contributed by atoms with E-state index >= 15 is 0 Å². The Morgan fingerprint density at radius 1 is 1.17 bits per heavy atom. The average Bonchev–Trinajstić information content (AvgIpc) is 2.79. The zero-order chi connectivity index (χ0) is 12.1. The fourth-order valence-corrected chi connectivity index (χ4v) is 2.65. The third-order valence-corrected chi connectivity index (χ3v) is 3.52. The van der Waals surface area contributed by atoms with Crippen molar-refractivity contribution >= 4 is 16.7 Å². The largest absolute Gasteiger partial charge is 0.333 e. The van der Waals surface area contributed by atoms with E-state index in [-0.39, 0.29) is 5.78 Å². The van der Waals surface area contributed by atoms with Gasteiger partial charge in [0.1, 0.15) is 0 Å². The fourth-order valence-electron chi connectivity index (χ4n) is 2.65. The van der Waals surface area contributed by atoms with Crippen molar-refractivity contribution in [3.05, 3.63) is 65.6 Å². The summed E-state index contributed by atoms with van der Waals surface area (Å²) in [6.45, 7) is 0.720. The van der Waals surface area contributed by atoms with Gasteiger partial charge in [-0.25, -0.2) is 0 Å². The highest BCUT2D eigenvalue weighted by molar-refractivity contribution is 6.12. The molecule has 0 spiro atoms. The van der Waals surface area contributed by atoms with Crippen molar-refractivity contribution in [3.63, 3.8) is 0 Å². The Kier molecular flexibility index (Phi) is 1.75. The molecule has 86 valence electrons. The molecule has 2 aromatic heterocycles. The molecule has 0 aliphatic carbocycles. The first-order valence-corrected chi connectivity index (χ1v) is 5.90. The molecule has 0 unspecified atom stereocenters. The number of carbonyl (C=O) groups is 1. The molecule has 1 aliphatic heterocycles. The summed E-state index contributed by atoms with van der Waals surface area (Å²) in [7, 11) is 0. The Labute approximate surface area is 104 Å². The first kappa shape index (κ1) is 9.59. The first-order valence-electron chi connectivity index (χ1n) is 5.90. The molecule has 0 atom stereocenters. The number of pyridine rings is 1. The second kappa shape index (κ2) is 3.29. The van der Waals surface area contributed by atoms with Crippen LogP contribution in [-0.4, -0.2) is 15.3 Å². The van der Waals surface area contributed by atoms with Gasteiger partial charge in [0.2, 0.25) is 5.78 Å². The van der Waals surface area contributed by atoms with Crippen LogP contribution < -0.4 is 0 Å². The zero-order valence-electron chi connectivity index (χ0n) is 9.63. The Bertz CT molecular complexity index is 786. The summed E-state index contributed by atoms with van der Waals surface area (Å²) in [5, 5.41) is 1.11. The zero-order valence-corrected chi connectivity index (χ0v) is 9.63. The van der Waals surface area contributed by atoms with Gasteiger partial charge in [-0.2, -0.15) is 0 Å². The predicted molar refractivity (Wildman–Crippen MR) is 68.7 cm³/mol. The van der Waals surface area contributed by atoms with Gasteiger partial charge in [0, 0.05) is 34.4 Å². The number of hydrogen-bond acceptors (Lipinski definition) is 2. The van der Waals surface area contributed by atoms with E-state index < -0.39 is 0 Å². The summed E-state index contributed by atoms with van der Waals surface area (Å²) < 4.78 is 2.07. The summed E-state index contributed by atoms with van der Waals surface area (Å²) in [5.41, 5.74) is 3.65. The van der Waals surface area contributed by atoms with Crippen LogP contribution in [0, 0.1) is 0 Å². The second-order valence-electron chi connectivity index (χ2n) is 4.54. The molecule has 0 bridgehead atoms. The molecule has 0 fully saturated rings. The lowest BCUT2D eigenvalue weighted by molar-refractivity contribution is 0.102. The molecule has 1 aliphatic rings. The highest BCUT2D eigenvalue weighted by atomic mass is 16.1. The van der Waals surface area contributed by atoms with E-state index in [2.05, 4.69) is 9.55 Å². The number of benzene rings is 1.